The lowest BCUT2D eigenvalue weighted by Gasteiger charge is -2.42. The molecule has 3 aromatic rings. The lowest BCUT2D eigenvalue weighted by atomic mass is 9.93. The number of benzene rings is 3. The second-order valence-corrected chi connectivity index (χ2v) is 10.6. The van der Waals surface area contributed by atoms with Gasteiger partial charge < -0.3 is 9.64 Å². The molecule has 3 heterocycles. The largest absolute Gasteiger partial charge is 0.484 e. The molecular weight excluding hydrogens is 516 g/mol. The average Bonchev–Trinajstić information content (AvgIpc) is 3.26. The summed E-state index contributed by atoms with van der Waals surface area (Å²) in [4.78, 5) is 40.0. The van der Waals surface area contributed by atoms with Crippen LogP contribution in [0.15, 0.2) is 78.9 Å². The van der Waals surface area contributed by atoms with E-state index < -0.39 is 30.5 Å². The molecule has 0 radical (unpaired) electrons. The third-order valence-electron chi connectivity index (χ3n) is 7.93. The van der Waals surface area contributed by atoms with Crippen LogP contribution in [0.5, 0.6) is 5.75 Å². The summed E-state index contributed by atoms with van der Waals surface area (Å²) in [6, 6.07) is 23.0. The zero-order chi connectivity index (χ0) is 27.9. The van der Waals surface area contributed by atoms with E-state index in [1.165, 1.54) is 11.0 Å². The number of likely N-dealkylation sites (tertiary alicyclic amines) is 1. The highest BCUT2D eigenvalue weighted by molar-refractivity contribution is 6.05. The fourth-order valence-electron chi connectivity index (χ4n) is 5.98. The Kier molecular flexibility index (Phi) is 6.83. The van der Waals surface area contributed by atoms with Crippen molar-refractivity contribution in [1.29, 1.82) is 0 Å². The predicted molar refractivity (Wildman–Crippen MR) is 143 cm³/mol. The highest BCUT2D eigenvalue weighted by Gasteiger charge is 2.48. The summed E-state index contributed by atoms with van der Waals surface area (Å²) in [5.41, 5.74) is 2.92. The molecule has 0 spiro atoms. The van der Waals surface area contributed by atoms with Crippen molar-refractivity contribution < 1.29 is 27.9 Å². The third kappa shape index (κ3) is 4.97. The number of carbonyl (C=O) groups excluding carboxylic acids is 3. The minimum absolute atomic E-state index is 0.127. The highest BCUT2D eigenvalue weighted by Crippen LogP contribution is 2.38. The lowest BCUT2D eigenvalue weighted by Crippen LogP contribution is -2.54. The number of hydrogen-bond acceptors (Lipinski definition) is 5. The molecule has 9 heteroatoms. The molecule has 6 rings (SSSR count). The van der Waals surface area contributed by atoms with Crippen molar-refractivity contribution in [2.75, 3.05) is 13.1 Å². The van der Waals surface area contributed by atoms with Gasteiger partial charge in [-0.05, 0) is 41.3 Å². The number of imide groups is 1. The molecule has 3 aromatic carbocycles. The molecule has 1 N–H and O–H groups in total. The smallest absolute Gasteiger partial charge is 0.296 e. The fourth-order valence-corrected chi connectivity index (χ4v) is 5.98. The summed E-state index contributed by atoms with van der Waals surface area (Å²) < 4.78 is 37.1. The number of ether oxygens (including phenoxy) is 1. The molecule has 0 aliphatic carbocycles. The summed E-state index contributed by atoms with van der Waals surface area (Å²) in [5, 5.41) is 2.28. The van der Waals surface area contributed by atoms with Gasteiger partial charge in [0.15, 0.2) is 6.10 Å². The SMILES string of the molecule is O=C1CCC(N2Cc3cc(O[C@H]4CCN(C(c5ccccc5)c5ccccc5)CC4(F)F)ccc3C2=O)C(=O)N1. The zero-order valence-corrected chi connectivity index (χ0v) is 21.8. The van der Waals surface area contributed by atoms with Crippen LogP contribution < -0.4 is 10.1 Å². The van der Waals surface area contributed by atoms with Crippen molar-refractivity contribution in [3.8, 4) is 5.75 Å². The molecule has 7 nitrogen and oxygen atoms in total. The Hall–Kier alpha value is -4.11. The molecular formula is C31H29F2N3O4. The molecule has 1 unspecified atom stereocenters. The summed E-state index contributed by atoms with van der Waals surface area (Å²) in [6.07, 6.45) is -0.779. The Balaban J connectivity index is 1.17. The number of nitrogens with one attached hydrogen (secondary N) is 1. The number of alkyl halides is 2. The van der Waals surface area contributed by atoms with Crippen LogP contribution in [0.2, 0.25) is 0 Å². The van der Waals surface area contributed by atoms with Gasteiger partial charge in [-0.25, -0.2) is 8.78 Å². The summed E-state index contributed by atoms with van der Waals surface area (Å²) >= 11 is 0. The molecule has 40 heavy (non-hydrogen) atoms. The molecule has 0 saturated carbocycles. The molecule has 206 valence electrons. The quantitative estimate of drug-likeness (QED) is 0.467. The van der Waals surface area contributed by atoms with Crippen molar-refractivity contribution in [2.24, 2.45) is 0 Å². The Labute approximate surface area is 230 Å². The van der Waals surface area contributed by atoms with E-state index in [4.69, 9.17) is 4.74 Å². The molecule has 2 atom stereocenters. The van der Waals surface area contributed by atoms with E-state index in [0.29, 0.717) is 17.7 Å². The molecule has 2 saturated heterocycles. The Morgan fingerprint density at radius 1 is 0.900 bits per heavy atom. The number of amides is 3. The van der Waals surface area contributed by atoms with E-state index in [9.17, 15) is 14.4 Å². The lowest BCUT2D eigenvalue weighted by molar-refractivity contribution is -0.144. The molecule has 0 bridgehead atoms. The van der Waals surface area contributed by atoms with Crippen LogP contribution in [0.1, 0.15) is 52.4 Å². The van der Waals surface area contributed by atoms with Crippen LogP contribution in [0.25, 0.3) is 0 Å². The van der Waals surface area contributed by atoms with E-state index in [0.717, 1.165) is 11.1 Å². The maximum Gasteiger partial charge on any atom is 0.296 e. The number of hydrogen-bond donors (Lipinski definition) is 1. The Morgan fingerprint density at radius 3 is 2.20 bits per heavy atom. The van der Waals surface area contributed by atoms with Gasteiger partial charge in [0.25, 0.3) is 11.8 Å². The van der Waals surface area contributed by atoms with Crippen molar-refractivity contribution in [2.45, 2.75) is 49.9 Å². The first-order chi connectivity index (χ1) is 19.3. The third-order valence-corrected chi connectivity index (χ3v) is 7.93. The van der Waals surface area contributed by atoms with Gasteiger partial charge in [-0.15, -0.1) is 0 Å². The van der Waals surface area contributed by atoms with E-state index in [1.807, 2.05) is 65.6 Å². The molecule has 0 aromatic heterocycles. The van der Waals surface area contributed by atoms with Gasteiger partial charge in [-0.1, -0.05) is 60.7 Å². The maximum atomic E-state index is 15.6. The van der Waals surface area contributed by atoms with E-state index in [2.05, 4.69) is 5.32 Å². The van der Waals surface area contributed by atoms with Crippen molar-refractivity contribution in [3.05, 3.63) is 101 Å². The Bertz CT molecular complexity index is 1390. The van der Waals surface area contributed by atoms with Gasteiger partial charge in [0, 0.05) is 31.5 Å². The normalized spacial score (nSPS) is 22.8. The fraction of sp³-hybridized carbons (Fsp3) is 0.323. The predicted octanol–water partition coefficient (Wildman–Crippen LogP) is 4.33. The van der Waals surface area contributed by atoms with Crippen molar-refractivity contribution >= 4 is 17.7 Å². The minimum Gasteiger partial charge on any atom is -0.484 e. The second-order valence-electron chi connectivity index (χ2n) is 10.6. The summed E-state index contributed by atoms with van der Waals surface area (Å²) in [7, 11) is 0. The molecule has 3 aliphatic rings. The van der Waals surface area contributed by atoms with E-state index in [1.54, 1.807) is 12.1 Å². The highest BCUT2D eigenvalue weighted by atomic mass is 19.3. The van der Waals surface area contributed by atoms with Gasteiger partial charge >= 0.3 is 0 Å². The topological polar surface area (TPSA) is 79.0 Å². The van der Waals surface area contributed by atoms with Gasteiger partial charge in [-0.2, -0.15) is 0 Å². The van der Waals surface area contributed by atoms with Crippen LogP contribution >= 0.6 is 0 Å². The van der Waals surface area contributed by atoms with E-state index in [-0.39, 0.29) is 49.4 Å². The second kappa shape index (κ2) is 10.5. The summed E-state index contributed by atoms with van der Waals surface area (Å²) in [6.45, 7) is 0.114. The van der Waals surface area contributed by atoms with Crippen LogP contribution in [0.3, 0.4) is 0 Å². The van der Waals surface area contributed by atoms with Gasteiger partial charge in [0.2, 0.25) is 11.8 Å². The average molecular weight is 546 g/mol. The van der Waals surface area contributed by atoms with Gasteiger partial charge in [-0.3, -0.25) is 24.6 Å². The zero-order valence-electron chi connectivity index (χ0n) is 21.8. The maximum absolute atomic E-state index is 15.6. The van der Waals surface area contributed by atoms with Gasteiger partial charge in [0.05, 0.1) is 12.6 Å². The number of rotatable bonds is 6. The number of piperidine rings is 2. The minimum atomic E-state index is -3.12. The number of nitrogens with zero attached hydrogens (tertiary/aromatic N) is 2. The standard InChI is InChI=1S/C31H29F2N3O4/c32-31(33)19-35(28(20-7-3-1-4-8-20)21-9-5-2-6-10-21)16-15-26(31)40-23-11-12-24-22(17-23)18-36(30(24)39)25-13-14-27(37)34-29(25)38/h1-12,17,25-26,28H,13-16,18-19H2,(H,34,37,38)/t25?,26-/m0/s1. The van der Waals surface area contributed by atoms with Gasteiger partial charge in [0.1, 0.15) is 11.8 Å². The number of fused-ring (bicyclic) bond motifs is 1. The number of carbonyl (C=O) groups is 3. The summed E-state index contributed by atoms with van der Waals surface area (Å²) in [5.74, 6) is -4.02. The first-order valence-electron chi connectivity index (χ1n) is 13.5. The van der Waals surface area contributed by atoms with Crippen LogP contribution in [0, 0.1) is 0 Å². The Morgan fingerprint density at radius 2 is 1.57 bits per heavy atom. The first kappa shape index (κ1) is 26.1. The molecule has 3 aliphatic heterocycles. The van der Waals surface area contributed by atoms with Crippen molar-refractivity contribution in [3.63, 3.8) is 0 Å². The van der Waals surface area contributed by atoms with Crippen LogP contribution in [-0.2, 0) is 16.1 Å². The first-order valence-corrected chi connectivity index (χ1v) is 13.5. The van der Waals surface area contributed by atoms with Crippen LogP contribution in [0.4, 0.5) is 8.78 Å². The molecule has 2 fully saturated rings. The number of halogens is 2. The monoisotopic (exact) mass is 545 g/mol. The van der Waals surface area contributed by atoms with Crippen molar-refractivity contribution in [1.82, 2.24) is 15.1 Å². The van der Waals surface area contributed by atoms with Crippen LogP contribution in [-0.4, -0.2) is 58.7 Å². The van der Waals surface area contributed by atoms with E-state index >= 15 is 8.78 Å². The molecule has 3 amide bonds.